The van der Waals surface area contributed by atoms with Crippen LogP contribution in [0.15, 0.2) is 48.5 Å². The van der Waals surface area contributed by atoms with Crippen molar-refractivity contribution >= 4 is 33.4 Å². The summed E-state index contributed by atoms with van der Waals surface area (Å²) in [7, 11) is 0. The number of rotatable bonds is 3. The number of para-hydroxylation sites is 1. The Morgan fingerprint density at radius 3 is 2.61 bits per heavy atom. The van der Waals surface area contributed by atoms with Crippen molar-refractivity contribution in [1.29, 1.82) is 0 Å². The van der Waals surface area contributed by atoms with Gasteiger partial charge in [0.05, 0.1) is 23.3 Å². The number of nitrogens with zero attached hydrogens (tertiary/aromatic N) is 4. The second kappa shape index (κ2) is 7.19. The van der Waals surface area contributed by atoms with Gasteiger partial charge in [-0.05, 0) is 30.3 Å². The van der Waals surface area contributed by atoms with E-state index < -0.39 is 0 Å². The van der Waals surface area contributed by atoms with Gasteiger partial charge >= 0.3 is 0 Å². The summed E-state index contributed by atoms with van der Waals surface area (Å²) in [6, 6.07) is 14.2. The standard InChI is InChI=1S/C21H18N5O2/c1-2-18-24-19-20(16-7-3-4-8-17(16)23-21(19)22)25(18)13-5-6-14-9-11-15(12-10-14)26(27)28/h3-4,7-12,27H,2,13H2,1H3,(H2,22,23)/q-1. The predicted octanol–water partition coefficient (Wildman–Crippen LogP) is 3.47. The van der Waals surface area contributed by atoms with Crippen molar-refractivity contribution in [3.8, 4) is 11.8 Å². The zero-order valence-corrected chi connectivity index (χ0v) is 15.3. The summed E-state index contributed by atoms with van der Waals surface area (Å²) in [6.45, 7) is 2.49. The van der Waals surface area contributed by atoms with Crippen molar-refractivity contribution in [2.75, 3.05) is 11.0 Å². The molecule has 0 bridgehead atoms. The summed E-state index contributed by atoms with van der Waals surface area (Å²) < 4.78 is 2.07. The lowest BCUT2D eigenvalue weighted by Gasteiger charge is -2.21. The van der Waals surface area contributed by atoms with Crippen LogP contribution in [0.4, 0.5) is 11.5 Å². The summed E-state index contributed by atoms with van der Waals surface area (Å²) in [5.74, 6) is 7.55. The first-order chi connectivity index (χ1) is 13.6. The van der Waals surface area contributed by atoms with Crippen molar-refractivity contribution < 1.29 is 5.21 Å². The molecule has 0 unspecified atom stereocenters. The fourth-order valence-corrected chi connectivity index (χ4v) is 3.24. The van der Waals surface area contributed by atoms with Crippen LogP contribution in [0, 0.1) is 17.0 Å². The lowest BCUT2D eigenvalue weighted by molar-refractivity contribution is 0.296. The van der Waals surface area contributed by atoms with E-state index in [2.05, 4.69) is 26.4 Å². The van der Waals surface area contributed by atoms with Gasteiger partial charge in [-0.1, -0.05) is 37.0 Å². The van der Waals surface area contributed by atoms with E-state index in [1.165, 1.54) is 12.1 Å². The second-order valence-electron chi connectivity index (χ2n) is 6.30. The Balaban J connectivity index is 1.76. The Bertz CT molecular complexity index is 1220. The molecule has 2 aromatic carbocycles. The van der Waals surface area contributed by atoms with Crippen LogP contribution in [0.2, 0.25) is 0 Å². The van der Waals surface area contributed by atoms with Crippen molar-refractivity contribution in [2.45, 2.75) is 19.9 Å². The average Bonchev–Trinajstić information content (AvgIpc) is 3.08. The second-order valence-corrected chi connectivity index (χ2v) is 6.30. The molecular weight excluding hydrogens is 354 g/mol. The molecule has 4 rings (SSSR count). The molecule has 4 aromatic rings. The molecule has 0 saturated heterocycles. The molecule has 0 amide bonds. The van der Waals surface area contributed by atoms with Crippen LogP contribution in [0.1, 0.15) is 18.3 Å². The normalized spacial score (nSPS) is 10.8. The van der Waals surface area contributed by atoms with Gasteiger partial charge in [-0.3, -0.25) is 5.21 Å². The van der Waals surface area contributed by atoms with Crippen LogP contribution in [0.5, 0.6) is 0 Å². The number of nitrogen functional groups attached to an aromatic ring is 1. The summed E-state index contributed by atoms with van der Waals surface area (Å²) >= 11 is 0. The smallest absolute Gasteiger partial charge is 0.152 e. The molecule has 0 aliphatic rings. The molecule has 0 spiro atoms. The zero-order valence-electron chi connectivity index (χ0n) is 15.3. The maximum atomic E-state index is 10.9. The number of fused-ring (bicyclic) bond motifs is 3. The van der Waals surface area contributed by atoms with Gasteiger partial charge in [0.15, 0.2) is 5.82 Å². The number of pyridine rings is 1. The summed E-state index contributed by atoms with van der Waals surface area (Å²) in [4.78, 5) is 9.14. The van der Waals surface area contributed by atoms with E-state index in [9.17, 15) is 5.21 Å². The number of aromatic nitrogens is 3. The third-order valence-electron chi connectivity index (χ3n) is 4.56. The number of imidazole rings is 1. The van der Waals surface area contributed by atoms with E-state index in [0.29, 0.717) is 17.9 Å². The summed E-state index contributed by atoms with van der Waals surface area (Å²) in [5, 5.41) is 20.6. The van der Waals surface area contributed by atoms with Crippen LogP contribution >= 0.6 is 0 Å². The molecule has 2 aromatic heterocycles. The quantitative estimate of drug-likeness (QED) is 0.422. The highest BCUT2D eigenvalue weighted by Gasteiger charge is 2.15. The van der Waals surface area contributed by atoms with E-state index in [4.69, 9.17) is 10.9 Å². The van der Waals surface area contributed by atoms with E-state index in [0.717, 1.165) is 34.2 Å². The SMILES string of the molecule is CCc1nc2c(N)nc3ccccc3c2n1CC#Cc1ccc(N([O-])O)cc1. The van der Waals surface area contributed by atoms with Crippen molar-refractivity contribution in [2.24, 2.45) is 0 Å². The van der Waals surface area contributed by atoms with E-state index >= 15 is 0 Å². The Hall–Kier alpha value is -3.60. The van der Waals surface area contributed by atoms with Gasteiger partial charge in [0.1, 0.15) is 11.3 Å². The van der Waals surface area contributed by atoms with E-state index in [-0.39, 0.29) is 10.9 Å². The predicted molar refractivity (Wildman–Crippen MR) is 110 cm³/mol. The molecule has 0 aliphatic heterocycles. The Morgan fingerprint density at radius 1 is 1.14 bits per heavy atom. The van der Waals surface area contributed by atoms with Crippen molar-refractivity contribution in [3.63, 3.8) is 0 Å². The number of anilines is 2. The molecule has 0 aliphatic carbocycles. The highest BCUT2D eigenvalue weighted by atomic mass is 16.8. The molecular formula is C21H18N5O2-. The molecule has 0 fully saturated rings. The maximum Gasteiger partial charge on any atom is 0.152 e. The average molecular weight is 372 g/mol. The number of nitrogens with two attached hydrogens (primary N) is 1. The molecule has 140 valence electrons. The van der Waals surface area contributed by atoms with Gasteiger partial charge in [0, 0.05) is 17.4 Å². The minimum atomic E-state index is -0.175. The Morgan fingerprint density at radius 2 is 1.89 bits per heavy atom. The van der Waals surface area contributed by atoms with Gasteiger partial charge in [-0.25, -0.2) is 9.97 Å². The van der Waals surface area contributed by atoms with Gasteiger partial charge in [-0.15, -0.1) is 0 Å². The number of hydrogen-bond acceptors (Lipinski definition) is 6. The van der Waals surface area contributed by atoms with Crippen LogP contribution in [-0.2, 0) is 13.0 Å². The largest absolute Gasteiger partial charge is 0.733 e. The minimum Gasteiger partial charge on any atom is -0.733 e. The maximum absolute atomic E-state index is 10.9. The monoisotopic (exact) mass is 372 g/mol. The van der Waals surface area contributed by atoms with E-state index in [1.54, 1.807) is 12.1 Å². The molecule has 0 saturated carbocycles. The fourth-order valence-electron chi connectivity index (χ4n) is 3.24. The molecule has 3 N–H and O–H groups in total. The molecule has 0 atom stereocenters. The Kier molecular flexibility index (Phi) is 4.57. The first-order valence-corrected chi connectivity index (χ1v) is 8.87. The van der Waals surface area contributed by atoms with Gasteiger partial charge in [0.2, 0.25) is 0 Å². The third kappa shape index (κ3) is 3.11. The topological polar surface area (TPSA) is 103 Å². The molecule has 7 heteroatoms. The van der Waals surface area contributed by atoms with Crippen LogP contribution in [0.25, 0.3) is 21.9 Å². The lowest BCUT2D eigenvalue weighted by atomic mass is 10.2. The van der Waals surface area contributed by atoms with Gasteiger partial charge < -0.3 is 20.7 Å². The summed E-state index contributed by atoms with van der Waals surface area (Å²) in [5.41, 5.74) is 9.51. The first kappa shape index (κ1) is 17.8. The highest BCUT2D eigenvalue weighted by molar-refractivity contribution is 6.06. The molecule has 7 nitrogen and oxygen atoms in total. The van der Waals surface area contributed by atoms with E-state index in [1.807, 2.05) is 31.2 Å². The molecule has 2 heterocycles. The number of benzene rings is 2. The highest BCUT2D eigenvalue weighted by Crippen LogP contribution is 2.28. The number of hydrogen-bond donors (Lipinski definition) is 2. The van der Waals surface area contributed by atoms with Crippen LogP contribution in [0.3, 0.4) is 0 Å². The lowest BCUT2D eigenvalue weighted by Crippen LogP contribution is -2.06. The van der Waals surface area contributed by atoms with Gasteiger partial charge in [0.25, 0.3) is 0 Å². The van der Waals surface area contributed by atoms with Crippen molar-refractivity contribution in [1.82, 2.24) is 14.5 Å². The zero-order chi connectivity index (χ0) is 19.7. The summed E-state index contributed by atoms with van der Waals surface area (Å²) in [6.07, 6.45) is 0.745. The molecule has 0 radical (unpaired) electrons. The minimum absolute atomic E-state index is 0.161. The van der Waals surface area contributed by atoms with Crippen molar-refractivity contribution in [3.05, 3.63) is 65.1 Å². The van der Waals surface area contributed by atoms with Crippen LogP contribution < -0.4 is 11.0 Å². The van der Waals surface area contributed by atoms with Gasteiger partial charge in [-0.2, -0.15) is 0 Å². The fraction of sp³-hybridized carbons (Fsp3) is 0.143. The first-order valence-electron chi connectivity index (χ1n) is 8.87. The molecule has 28 heavy (non-hydrogen) atoms. The number of aryl methyl sites for hydroxylation is 1. The Labute approximate surface area is 161 Å². The third-order valence-corrected chi connectivity index (χ3v) is 4.56. The van der Waals surface area contributed by atoms with Crippen LogP contribution in [-0.4, -0.2) is 19.7 Å².